The molecule has 0 saturated heterocycles. The number of hydrogen-bond donors (Lipinski definition) is 3. The van der Waals surface area contributed by atoms with Gasteiger partial charge in [0.05, 0.1) is 11.1 Å². The molecule has 10 heteroatoms. The first kappa shape index (κ1) is 16.6. The lowest BCUT2D eigenvalue weighted by Gasteiger charge is -2.13. The van der Waals surface area contributed by atoms with Crippen LogP contribution in [0.5, 0.6) is 0 Å². The van der Waals surface area contributed by atoms with Crippen LogP contribution in [0.25, 0.3) is 22.5 Å². The summed E-state index contributed by atoms with van der Waals surface area (Å²) in [6.45, 7) is 0. The van der Waals surface area contributed by atoms with Gasteiger partial charge < -0.3 is 0 Å². The molecule has 0 aliphatic heterocycles. The average Bonchev–Trinajstić information content (AvgIpc) is 3.14. The van der Waals surface area contributed by atoms with Gasteiger partial charge in [-0.25, -0.2) is 5.84 Å². The second-order valence-corrected chi connectivity index (χ2v) is 5.01. The standard InChI is InChI=1S/C15H11F3N6O/c16-15(17,18)9-6-4-8(5-7-9)10-2-1-3-11(12(10)14(25)20-19)13-21-23-24-22-13/h1-7H,19H2,(H,20,25)(H,21,22,23,24). The minimum absolute atomic E-state index is 0.131. The summed E-state index contributed by atoms with van der Waals surface area (Å²) in [6, 6.07) is 9.27. The fourth-order valence-corrected chi connectivity index (χ4v) is 2.41. The van der Waals surface area contributed by atoms with E-state index >= 15 is 0 Å². The average molecular weight is 348 g/mol. The van der Waals surface area contributed by atoms with Gasteiger partial charge in [-0.15, -0.1) is 10.2 Å². The van der Waals surface area contributed by atoms with E-state index in [4.69, 9.17) is 5.84 Å². The summed E-state index contributed by atoms with van der Waals surface area (Å²) in [7, 11) is 0. The molecule has 0 spiro atoms. The fourth-order valence-electron chi connectivity index (χ4n) is 2.41. The highest BCUT2D eigenvalue weighted by atomic mass is 19.4. The highest BCUT2D eigenvalue weighted by Crippen LogP contribution is 2.34. The number of carbonyl (C=O) groups excluding carboxylic acids is 1. The Balaban J connectivity index is 2.16. The number of hydrazine groups is 1. The summed E-state index contributed by atoms with van der Waals surface area (Å²) in [5, 5.41) is 13.4. The Morgan fingerprint density at radius 3 is 2.32 bits per heavy atom. The summed E-state index contributed by atoms with van der Waals surface area (Å²) in [6.07, 6.45) is -4.44. The monoisotopic (exact) mass is 348 g/mol. The first-order chi connectivity index (χ1) is 11.9. The minimum Gasteiger partial charge on any atom is -0.290 e. The number of rotatable bonds is 3. The number of amides is 1. The Kier molecular flexibility index (Phi) is 4.19. The summed E-state index contributed by atoms with van der Waals surface area (Å²) in [5.41, 5.74) is 2.52. The molecule has 0 unspecified atom stereocenters. The van der Waals surface area contributed by atoms with E-state index in [1.807, 2.05) is 5.43 Å². The molecule has 1 aromatic heterocycles. The van der Waals surface area contributed by atoms with Gasteiger partial charge in [-0.05, 0) is 28.5 Å². The molecule has 25 heavy (non-hydrogen) atoms. The summed E-state index contributed by atoms with van der Waals surface area (Å²) in [4.78, 5) is 12.2. The van der Waals surface area contributed by atoms with Crippen molar-refractivity contribution in [2.45, 2.75) is 6.18 Å². The van der Waals surface area contributed by atoms with Gasteiger partial charge in [0.15, 0.2) is 0 Å². The number of aromatic nitrogens is 4. The number of tetrazole rings is 1. The molecule has 0 aliphatic rings. The molecular weight excluding hydrogens is 337 g/mol. The number of aromatic amines is 1. The third-order valence-corrected chi connectivity index (χ3v) is 3.53. The fraction of sp³-hybridized carbons (Fsp3) is 0.0667. The van der Waals surface area contributed by atoms with Crippen molar-refractivity contribution in [2.75, 3.05) is 0 Å². The van der Waals surface area contributed by atoms with Gasteiger partial charge in [-0.3, -0.25) is 10.2 Å². The zero-order valence-electron chi connectivity index (χ0n) is 12.5. The molecule has 0 fully saturated rings. The predicted molar refractivity (Wildman–Crippen MR) is 81.7 cm³/mol. The topological polar surface area (TPSA) is 110 Å². The molecule has 1 amide bonds. The quantitative estimate of drug-likeness (QED) is 0.382. The van der Waals surface area contributed by atoms with Gasteiger partial charge in [-0.2, -0.15) is 18.4 Å². The predicted octanol–water partition coefficient (Wildman–Crippen LogP) is 2.16. The van der Waals surface area contributed by atoms with Crippen LogP contribution in [0.2, 0.25) is 0 Å². The normalized spacial score (nSPS) is 11.4. The molecule has 4 N–H and O–H groups in total. The van der Waals surface area contributed by atoms with Crippen molar-refractivity contribution in [3.05, 3.63) is 53.6 Å². The maximum atomic E-state index is 12.7. The third-order valence-electron chi connectivity index (χ3n) is 3.53. The van der Waals surface area contributed by atoms with Crippen LogP contribution in [-0.2, 0) is 6.18 Å². The lowest BCUT2D eigenvalue weighted by molar-refractivity contribution is -0.137. The number of hydrogen-bond acceptors (Lipinski definition) is 5. The molecule has 0 aliphatic carbocycles. The number of nitrogen functional groups attached to an aromatic ring is 1. The smallest absolute Gasteiger partial charge is 0.290 e. The molecule has 3 rings (SSSR count). The molecule has 2 aromatic carbocycles. The van der Waals surface area contributed by atoms with E-state index in [2.05, 4.69) is 20.6 Å². The number of carbonyl (C=O) groups is 1. The van der Waals surface area contributed by atoms with E-state index < -0.39 is 17.6 Å². The zero-order chi connectivity index (χ0) is 18.0. The van der Waals surface area contributed by atoms with E-state index in [1.54, 1.807) is 18.2 Å². The Labute approximate surface area is 139 Å². The van der Waals surface area contributed by atoms with E-state index in [0.717, 1.165) is 12.1 Å². The Hall–Kier alpha value is -3.27. The van der Waals surface area contributed by atoms with Crippen LogP contribution in [-0.4, -0.2) is 26.5 Å². The molecule has 0 saturated carbocycles. The summed E-state index contributed by atoms with van der Waals surface area (Å²) < 4.78 is 38.2. The first-order valence-corrected chi connectivity index (χ1v) is 6.97. The molecule has 128 valence electrons. The second kappa shape index (κ2) is 6.32. The van der Waals surface area contributed by atoms with Gasteiger partial charge in [0.25, 0.3) is 5.91 Å². The number of alkyl halides is 3. The zero-order valence-corrected chi connectivity index (χ0v) is 12.5. The van der Waals surface area contributed by atoms with E-state index in [1.165, 1.54) is 12.1 Å². The SMILES string of the molecule is NNC(=O)c1c(-c2ccc(C(F)(F)F)cc2)cccc1-c1nn[nH]n1. The van der Waals surface area contributed by atoms with Crippen LogP contribution in [0.4, 0.5) is 13.2 Å². The molecule has 7 nitrogen and oxygen atoms in total. The lowest BCUT2D eigenvalue weighted by Crippen LogP contribution is -2.31. The minimum atomic E-state index is -4.44. The van der Waals surface area contributed by atoms with E-state index in [0.29, 0.717) is 16.7 Å². The Morgan fingerprint density at radius 1 is 1.08 bits per heavy atom. The highest BCUT2D eigenvalue weighted by molar-refractivity contribution is 6.06. The van der Waals surface area contributed by atoms with Crippen LogP contribution in [0.1, 0.15) is 15.9 Å². The van der Waals surface area contributed by atoms with Crippen molar-refractivity contribution < 1.29 is 18.0 Å². The number of benzene rings is 2. The highest BCUT2D eigenvalue weighted by Gasteiger charge is 2.30. The number of halogens is 3. The first-order valence-electron chi connectivity index (χ1n) is 6.97. The van der Waals surface area contributed by atoms with Gasteiger partial charge in [0.1, 0.15) is 0 Å². The molecule has 3 aromatic rings. The van der Waals surface area contributed by atoms with E-state index in [-0.39, 0.29) is 11.4 Å². The van der Waals surface area contributed by atoms with Crippen molar-refractivity contribution >= 4 is 5.91 Å². The number of nitrogens with two attached hydrogens (primary N) is 1. The maximum Gasteiger partial charge on any atom is 0.416 e. The van der Waals surface area contributed by atoms with Crippen LogP contribution in [0, 0.1) is 0 Å². The van der Waals surface area contributed by atoms with Crippen molar-refractivity contribution in [3.63, 3.8) is 0 Å². The Morgan fingerprint density at radius 2 is 1.76 bits per heavy atom. The third kappa shape index (κ3) is 3.19. The van der Waals surface area contributed by atoms with Crippen LogP contribution >= 0.6 is 0 Å². The lowest BCUT2D eigenvalue weighted by atomic mass is 9.94. The van der Waals surface area contributed by atoms with Gasteiger partial charge in [-0.1, -0.05) is 30.3 Å². The van der Waals surface area contributed by atoms with Crippen molar-refractivity contribution in [1.29, 1.82) is 0 Å². The molecule has 0 bridgehead atoms. The molecule has 0 atom stereocenters. The van der Waals surface area contributed by atoms with Gasteiger partial charge >= 0.3 is 6.18 Å². The second-order valence-electron chi connectivity index (χ2n) is 5.01. The van der Waals surface area contributed by atoms with Crippen molar-refractivity contribution in [2.24, 2.45) is 5.84 Å². The summed E-state index contributed by atoms with van der Waals surface area (Å²) >= 11 is 0. The Bertz CT molecular complexity index is 891. The molecule has 1 heterocycles. The number of H-pyrrole nitrogens is 1. The van der Waals surface area contributed by atoms with Crippen LogP contribution in [0.3, 0.4) is 0 Å². The molecular formula is C15H11F3N6O. The van der Waals surface area contributed by atoms with Crippen LogP contribution in [0.15, 0.2) is 42.5 Å². The van der Waals surface area contributed by atoms with Gasteiger partial charge in [0, 0.05) is 5.56 Å². The molecule has 0 radical (unpaired) electrons. The van der Waals surface area contributed by atoms with Gasteiger partial charge in [0.2, 0.25) is 5.82 Å². The largest absolute Gasteiger partial charge is 0.416 e. The van der Waals surface area contributed by atoms with Crippen LogP contribution < -0.4 is 11.3 Å². The maximum absolute atomic E-state index is 12.7. The van der Waals surface area contributed by atoms with E-state index in [9.17, 15) is 18.0 Å². The summed E-state index contributed by atoms with van der Waals surface area (Å²) in [5.74, 6) is 4.77. The number of nitrogens with one attached hydrogen (secondary N) is 2. The van der Waals surface area contributed by atoms with Crippen molar-refractivity contribution in [1.82, 2.24) is 26.0 Å². The number of nitrogens with zero attached hydrogens (tertiary/aromatic N) is 3. The van der Waals surface area contributed by atoms with Crippen molar-refractivity contribution in [3.8, 4) is 22.5 Å².